The smallest absolute Gasteiger partial charge is 0.369 e. The van der Waals surface area contributed by atoms with Crippen LogP contribution < -0.4 is 10.2 Å². The third kappa shape index (κ3) is 4.87. The van der Waals surface area contributed by atoms with Gasteiger partial charge in [-0.3, -0.25) is 9.69 Å². The molecule has 4 rings (SSSR count). The van der Waals surface area contributed by atoms with Gasteiger partial charge in [-0.25, -0.2) is 0 Å². The zero-order valence-electron chi connectivity index (χ0n) is 16.8. The minimum Gasteiger partial charge on any atom is -0.369 e. The van der Waals surface area contributed by atoms with E-state index < -0.39 is 11.7 Å². The van der Waals surface area contributed by atoms with Crippen molar-refractivity contribution in [3.8, 4) is 0 Å². The highest BCUT2D eigenvalue weighted by Gasteiger charge is 2.42. The first kappa shape index (κ1) is 20.5. The number of hydrogen-bond donors (Lipinski definition) is 1. The maximum Gasteiger partial charge on any atom is 0.416 e. The summed E-state index contributed by atoms with van der Waals surface area (Å²) in [6, 6.07) is 5.57. The molecule has 4 nitrogen and oxygen atoms in total. The monoisotopic (exact) mass is 409 g/mol. The molecule has 3 unspecified atom stereocenters. The van der Waals surface area contributed by atoms with Crippen LogP contribution in [0.15, 0.2) is 24.3 Å². The van der Waals surface area contributed by atoms with Crippen molar-refractivity contribution in [2.45, 2.75) is 38.3 Å². The Hall–Kier alpha value is -1.76. The fraction of sp³-hybridized carbons (Fsp3) is 0.682. The molecule has 1 aromatic carbocycles. The van der Waals surface area contributed by atoms with Gasteiger partial charge in [-0.1, -0.05) is 12.5 Å². The third-order valence-corrected chi connectivity index (χ3v) is 6.94. The van der Waals surface area contributed by atoms with Gasteiger partial charge in [0.1, 0.15) is 0 Å². The van der Waals surface area contributed by atoms with Gasteiger partial charge in [0, 0.05) is 44.3 Å². The fourth-order valence-corrected chi connectivity index (χ4v) is 5.32. The molecule has 1 heterocycles. The lowest BCUT2D eigenvalue weighted by atomic mass is 9.88. The van der Waals surface area contributed by atoms with E-state index in [2.05, 4.69) is 10.2 Å². The highest BCUT2D eigenvalue weighted by Crippen LogP contribution is 2.48. The van der Waals surface area contributed by atoms with E-state index in [0.717, 1.165) is 57.5 Å². The van der Waals surface area contributed by atoms with Crippen LogP contribution in [0.5, 0.6) is 0 Å². The van der Waals surface area contributed by atoms with Crippen LogP contribution in [0, 0.1) is 17.8 Å². The molecule has 1 amide bonds. The van der Waals surface area contributed by atoms with Crippen molar-refractivity contribution >= 4 is 11.6 Å². The second-order valence-electron chi connectivity index (χ2n) is 8.80. The van der Waals surface area contributed by atoms with Crippen molar-refractivity contribution in [2.75, 3.05) is 44.2 Å². The molecule has 3 aliphatic rings. The predicted octanol–water partition coefficient (Wildman–Crippen LogP) is 3.77. The Morgan fingerprint density at radius 2 is 1.90 bits per heavy atom. The minimum atomic E-state index is -4.31. The number of fused-ring (bicyclic) bond motifs is 2. The second kappa shape index (κ2) is 8.54. The standard InChI is InChI=1S/C22H30F3N3O/c23-22(24,25)18-3-1-4-19(15-18)28-11-9-27(10-12-28)8-2-7-26-21(29)20-14-16-5-6-17(20)13-16/h1,3-4,15-17,20H,2,5-14H2,(H,26,29). The first-order valence-corrected chi connectivity index (χ1v) is 10.8. The van der Waals surface area contributed by atoms with Gasteiger partial charge in [0.15, 0.2) is 0 Å². The predicted molar refractivity (Wildman–Crippen MR) is 107 cm³/mol. The van der Waals surface area contributed by atoms with Crippen molar-refractivity contribution in [1.29, 1.82) is 0 Å². The number of carbonyl (C=O) groups excluding carboxylic acids is 1. The molecule has 2 bridgehead atoms. The number of piperazine rings is 1. The first-order chi connectivity index (χ1) is 13.9. The largest absolute Gasteiger partial charge is 0.416 e. The van der Waals surface area contributed by atoms with E-state index in [1.54, 1.807) is 6.07 Å². The second-order valence-corrected chi connectivity index (χ2v) is 8.80. The maximum atomic E-state index is 12.9. The molecule has 3 fully saturated rings. The van der Waals surface area contributed by atoms with Gasteiger partial charge in [-0.15, -0.1) is 0 Å². The molecule has 1 N–H and O–H groups in total. The molecule has 0 spiro atoms. The van der Waals surface area contributed by atoms with E-state index in [1.807, 2.05) is 4.90 Å². The number of anilines is 1. The SMILES string of the molecule is O=C(NCCCN1CCN(c2cccc(C(F)(F)F)c2)CC1)C1CC2CCC1C2. The van der Waals surface area contributed by atoms with Gasteiger partial charge < -0.3 is 10.2 Å². The number of benzene rings is 1. The van der Waals surface area contributed by atoms with Crippen molar-refractivity contribution in [1.82, 2.24) is 10.2 Å². The average Bonchev–Trinajstić information content (AvgIpc) is 3.35. The molecule has 2 aliphatic carbocycles. The van der Waals surface area contributed by atoms with Gasteiger partial charge in [0.2, 0.25) is 5.91 Å². The highest BCUT2D eigenvalue weighted by atomic mass is 19.4. The molecule has 3 atom stereocenters. The third-order valence-electron chi connectivity index (χ3n) is 6.94. The van der Waals surface area contributed by atoms with Crippen LogP contribution in [-0.4, -0.2) is 50.1 Å². The number of alkyl halides is 3. The Labute approximate surface area is 170 Å². The van der Waals surface area contributed by atoms with Crippen molar-refractivity contribution in [2.24, 2.45) is 17.8 Å². The van der Waals surface area contributed by atoms with Crippen LogP contribution >= 0.6 is 0 Å². The van der Waals surface area contributed by atoms with Crippen LogP contribution in [0.4, 0.5) is 18.9 Å². The zero-order valence-corrected chi connectivity index (χ0v) is 16.8. The number of nitrogens with one attached hydrogen (secondary N) is 1. The zero-order chi connectivity index (χ0) is 20.4. The molecule has 2 saturated carbocycles. The van der Waals surface area contributed by atoms with Crippen molar-refractivity contribution in [3.05, 3.63) is 29.8 Å². The molecule has 1 aromatic rings. The Bertz CT molecular complexity index is 715. The lowest BCUT2D eigenvalue weighted by molar-refractivity contribution is -0.137. The molecule has 1 saturated heterocycles. The van der Waals surface area contributed by atoms with E-state index in [9.17, 15) is 18.0 Å². The van der Waals surface area contributed by atoms with Gasteiger partial charge in [0.25, 0.3) is 0 Å². The summed E-state index contributed by atoms with van der Waals surface area (Å²) in [5.41, 5.74) is 0.0428. The summed E-state index contributed by atoms with van der Waals surface area (Å²) in [7, 11) is 0. The highest BCUT2D eigenvalue weighted by molar-refractivity contribution is 5.79. The van der Waals surface area contributed by atoms with E-state index in [1.165, 1.54) is 31.4 Å². The maximum absolute atomic E-state index is 12.9. The van der Waals surface area contributed by atoms with Crippen LogP contribution in [0.3, 0.4) is 0 Å². The van der Waals surface area contributed by atoms with Crippen LogP contribution in [0.2, 0.25) is 0 Å². The van der Waals surface area contributed by atoms with Gasteiger partial charge >= 0.3 is 6.18 Å². The molecule has 1 aliphatic heterocycles. The summed E-state index contributed by atoms with van der Waals surface area (Å²) in [6.07, 6.45) is 1.46. The topological polar surface area (TPSA) is 35.6 Å². The summed E-state index contributed by atoms with van der Waals surface area (Å²) < 4.78 is 38.7. The van der Waals surface area contributed by atoms with E-state index in [0.29, 0.717) is 18.2 Å². The summed E-state index contributed by atoms with van der Waals surface area (Å²) >= 11 is 0. The number of carbonyl (C=O) groups is 1. The van der Waals surface area contributed by atoms with E-state index >= 15 is 0 Å². The molecule has 7 heteroatoms. The summed E-state index contributed by atoms with van der Waals surface area (Å²) in [5, 5.41) is 3.12. The average molecular weight is 409 g/mol. The molecule has 160 valence electrons. The van der Waals surface area contributed by atoms with E-state index in [-0.39, 0.29) is 11.8 Å². The first-order valence-electron chi connectivity index (χ1n) is 10.8. The van der Waals surface area contributed by atoms with Crippen LogP contribution in [-0.2, 0) is 11.0 Å². The Kier molecular flexibility index (Phi) is 6.04. The molecule has 0 radical (unpaired) electrons. The summed E-state index contributed by atoms with van der Waals surface area (Å²) in [5.74, 6) is 1.88. The molecule has 0 aromatic heterocycles. The number of rotatable bonds is 6. The fourth-order valence-electron chi connectivity index (χ4n) is 5.32. The van der Waals surface area contributed by atoms with Gasteiger partial charge in [-0.05, 0) is 62.3 Å². The van der Waals surface area contributed by atoms with Gasteiger partial charge in [0.05, 0.1) is 5.56 Å². The lowest BCUT2D eigenvalue weighted by Crippen LogP contribution is -2.47. The molecular formula is C22H30F3N3O. The summed E-state index contributed by atoms with van der Waals surface area (Å²) in [6.45, 7) is 4.72. The Morgan fingerprint density at radius 1 is 1.10 bits per heavy atom. The lowest BCUT2D eigenvalue weighted by Gasteiger charge is -2.36. The van der Waals surface area contributed by atoms with Crippen molar-refractivity contribution in [3.63, 3.8) is 0 Å². The Balaban J connectivity index is 1.16. The van der Waals surface area contributed by atoms with E-state index in [4.69, 9.17) is 0 Å². The van der Waals surface area contributed by atoms with Gasteiger partial charge in [-0.2, -0.15) is 13.2 Å². The number of nitrogens with zero attached hydrogens (tertiary/aromatic N) is 2. The van der Waals surface area contributed by atoms with Crippen LogP contribution in [0.1, 0.15) is 37.7 Å². The minimum absolute atomic E-state index is 0.241. The quantitative estimate of drug-likeness (QED) is 0.727. The molecular weight excluding hydrogens is 379 g/mol. The molecule has 29 heavy (non-hydrogen) atoms. The Morgan fingerprint density at radius 3 is 2.55 bits per heavy atom. The number of amides is 1. The number of halogens is 3. The summed E-state index contributed by atoms with van der Waals surface area (Å²) in [4.78, 5) is 16.7. The van der Waals surface area contributed by atoms with Crippen molar-refractivity contribution < 1.29 is 18.0 Å². The van der Waals surface area contributed by atoms with Crippen LogP contribution in [0.25, 0.3) is 0 Å². The normalized spacial score (nSPS) is 27.4. The number of hydrogen-bond acceptors (Lipinski definition) is 3.